The molecule has 2 amide bonds. The molecule has 2 fully saturated rings. The van der Waals surface area contributed by atoms with Crippen LogP contribution in [-0.2, 0) is 20.2 Å². The van der Waals surface area contributed by atoms with Crippen molar-refractivity contribution in [1.29, 1.82) is 0 Å². The van der Waals surface area contributed by atoms with Crippen LogP contribution in [0.2, 0.25) is 0 Å². The van der Waals surface area contributed by atoms with E-state index in [1.54, 1.807) is 11.0 Å². The molecule has 2 unspecified atom stereocenters. The average molecular weight is 633 g/mol. The first-order valence-corrected chi connectivity index (χ1v) is 15.9. The first-order valence-electron chi connectivity index (χ1n) is 15.9. The number of aromatic amines is 1. The quantitative estimate of drug-likeness (QED) is 0.303. The van der Waals surface area contributed by atoms with E-state index < -0.39 is 47.2 Å². The summed E-state index contributed by atoms with van der Waals surface area (Å²) >= 11 is 0. The van der Waals surface area contributed by atoms with Crippen molar-refractivity contribution in [1.82, 2.24) is 20.2 Å². The monoisotopic (exact) mass is 632 g/mol. The van der Waals surface area contributed by atoms with Crippen LogP contribution in [0.4, 0.5) is 13.6 Å². The number of alkyl carbamates (subject to hydrolysis) is 1. The Kier molecular flexibility index (Phi) is 10.5. The number of nitrogens with zero attached hydrogens (tertiary/aromatic N) is 2. The van der Waals surface area contributed by atoms with Gasteiger partial charge in [-0.3, -0.25) is 14.4 Å². The highest BCUT2D eigenvalue weighted by Crippen LogP contribution is 2.36. The lowest BCUT2D eigenvalue weighted by atomic mass is 9.85. The predicted molar refractivity (Wildman–Crippen MR) is 165 cm³/mol. The number of ether oxygens (including phenoxy) is 2. The van der Waals surface area contributed by atoms with E-state index in [0.29, 0.717) is 37.1 Å². The highest BCUT2D eigenvalue weighted by molar-refractivity contribution is 5.92. The number of carbonyl (C=O) groups is 3. The van der Waals surface area contributed by atoms with Crippen LogP contribution in [0.1, 0.15) is 91.7 Å². The molecular weight excluding hydrogens is 586 g/mol. The molecule has 1 aromatic carbocycles. The maximum Gasteiger partial charge on any atom is 0.408 e. The van der Waals surface area contributed by atoms with E-state index in [1.165, 1.54) is 26.2 Å². The molecule has 2 heterocycles. The van der Waals surface area contributed by atoms with Crippen LogP contribution in [0.3, 0.4) is 0 Å². The number of aromatic nitrogens is 2. The van der Waals surface area contributed by atoms with Gasteiger partial charge in [-0.1, -0.05) is 34.1 Å². The number of alkyl halides is 2. The number of amides is 2. The van der Waals surface area contributed by atoms with Crippen LogP contribution in [0, 0.1) is 17.3 Å². The lowest BCUT2D eigenvalue weighted by Crippen LogP contribution is -2.57. The van der Waals surface area contributed by atoms with Crippen LogP contribution in [0.25, 0.3) is 11.0 Å². The molecule has 0 bridgehead atoms. The second-order valence-corrected chi connectivity index (χ2v) is 13.7. The predicted octanol–water partition coefficient (Wildman–Crippen LogP) is 5.72. The molecule has 1 saturated heterocycles. The van der Waals surface area contributed by atoms with Gasteiger partial charge in [0, 0.05) is 19.0 Å². The maximum absolute atomic E-state index is 15.1. The number of Topliss-reactive ketones (excluding diaryl/α,β-unsaturated/α-hetero) is 1. The Balaban J connectivity index is 1.31. The molecule has 1 saturated carbocycles. The third kappa shape index (κ3) is 7.99. The minimum atomic E-state index is -3.41. The number of rotatable bonds is 11. The molecule has 2 aliphatic rings. The van der Waals surface area contributed by atoms with Crippen LogP contribution in [-0.4, -0.2) is 64.5 Å². The third-order valence-corrected chi connectivity index (χ3v) is 9.18. The first-order chi connectivity index (χ1) is 21.1. The molecule has 12 heteroatoms. The van der Waals surface area contributed by atoms with Gasteiger partial charge in [-0.25, -0.2) is 9.78 Å². The summed E-state index contributed by atoms with van der Waals surface area (Å²) in [6, 6.07) is 3.26. The van der Waals surface area contributed by atoms with Crippen LogP contribution in [0.15, 0.2) is 23.0 Å². The van der Waals surface area contributed by atoms with Gasteiger partial charge in [-0.05, 0) is 74.8 Å². The Bertz CT molecular complexity index is 1450. The lowest BCUT2D eigenvalue weighted by molar-refractivity contribution is -0.141. The molecule has 2 aromatic rings. The van der Waals surface area contributed by atoms with E-state index in [2.05, 4.69) is 15.3 Å². The standard InChI is InChI=1S/C33H46F2N4O6/c1-19-15-17-39(26(19)20(2)40)30(42)28(32(3,4)5)38-31(43)45-25-12-9-11-21(25)10-7-8-16-33(34,35)27-29(41)37-24-18-22(44-6)13-14-23(24)36-27/h13-14,18-19,21,25-26,28H,7-12,15-17H2,1-6H3,(H,37,41)(H,38,43)/t19-,21?,25?,26+,28-/m1/s1. The van der Waals surface area contributed by atoms with Crippen molar-refractivity contribution >= 4 is 28.8 Å². The van der Waals surface area contributed by atoms with Crippen molar-refractivity contribution in [2.75, 3.05) is 13.7 Å². The number of fused-ring (bicyclic) bond motifs is 1. The van der Waals surface area contributed by atoms with Crippen molar-refractivity contribution in [3.63, 3.8) is 0 Å². The van der Waals surface area contributed by atoms with E-state index in [0.717, 1.165) is 19.3 Å². The smallest absolute Gasteiger partial charge is 0.408 e. The van der Waals surface area contributed by atoms with E-state index in [4.69, 9.17) is 9.47 Å². The normalized spacial score (nSPS) is 22.8. The molecule has 2 N–H and O–H groups in total. The first kappa shape index (κ1) is 34.3. The third-order valence-electron chi connectivity index (χ3n) is 9.18. The second-order valence-electron chi connectivity index (χ2n) is 13.7. The molecule has 45 heavy (non-hydrogen) atoms. The fourth-order valence-corrected chi connectivity index (χ4v) is 6.72. The Morgan fingerprint density at radius 1 is 1.16 bits per heavy atom. The fraction of sp³-hybridized carbons (Fsp3) is 0.667. The molecule has 0 radical (unpaired) electrons. The molecule has 4 rings (SSSR count). The molecular formula is C33H46F2N4O6. The van der Waals surface area contributed by atoms with Gasteiger partial charge < -0.3 is 24.7 Å². The molecule has 5 atom stereocenters. The fourth-order valence-electron chi connectivity index (χ4n) is 6.72. The number of H-pyrrole nitrogens is 1. The second kappa shape index (κ2) is 13.8. The molecule has 0 spiro atoms. The number of hydrogen-bond donors (Lipinski definition) is 2. The van der Waals surface area contributed by atoms with Gasteiger partial charge in [-0.15, -0.1) is 0 Å². The summed E-state index contributed by atoms with van der Waals surface area (Å²) in [5, 5.41) is 2.78. The molecule has 1 aliphatic carbocycles. The van der Waals surface area contributed by atoms with E-state index in [1.807, 2.05) is 27.7 Å². The summed E-state index contributed by atoms with van der Waals surface area (Å²) in [5.74, 6) is -3.24. The minimum absolute atomic E-state index is 0.00635. The number of hydrogen-bond acceptors (Lipinski definition) is 7. The van der Waals surface area contributed by atoms with Crippen LogP contribution >= 0.6 is 0 Å². The summed E-state index contributed by atoms with van der Waals surface area (Å²) in [4.78, 5) is 59.4. The van der Waals surface area contributed by atoms with Crippen molar-refractivity contribution in [2.45, 2.75) is 110 Å². The van der Waals surface area contributed by atoms with Crippen LogP contribution in [0.5, 0.6) is 5.75 Å². The Morgan fingerprint density at radius 2 is 1.89 bits per heavy atom. The largest absolute Gasteiger partial charge is 0.497 e. The van der Waals surface area contributed by atoms with Gasteiger partial charge in [0.2, 0.25) is 5.91 Å². The number of benzene rings is 1. The summed E-state index contributed by atoms with van der Waals surface area (Å²) in [6.07, 6.45) is 2.61. The van der Waals surface area contributed by atoms with E-state index in [-0.39, 0.29) is 41.6 Å². The summed E-state index contributed by atoms with van der Waals surface area (Å²) < 4.78 is 41.1. The summed E-state index contributed by atoms with van der Waals surface area (Å²) in [5.41, 5.74) is -1.80. The molecule has 1 aromatic heterocycles. The van der Waals surface area contributed by atoms with Gasteiger partial charge in [-0.2, -0.15) is 8.78 Å². The zero-order valence-corrected chi connectivity index (χ0v) is 27.1. The van der Waals surface area contributed by atoms with Gasteiger partial charge in [0.15, 0.2) is 11.5 Å². The van der Waals surface area contributed by atoms with Gasteiger partial charge in [0.1, 0.15) is 17.9 Å². The Hall–Kier alpha value is -3.57. The van der Waals surface area contributed by atoms with Crippen molar-refractivity contribution in [3.8, 4) is 5.75 Å². The number of likely N-dealkylation sites (tertiary alicyclic amines) is 1. The number of nitrogens with one attached hydrogen (secondary N) is 2. The summed E-state index contributed by atoms with van der Waals surface area (Å²) in [6.45, 7) is 9.45. The topological polar surface area (TPSA) is 131 Å². The zero-order chi connectivity index (χ0) is 33.1. The average Bonchev–Trinajstić information content (AvgIpc) is 3.58. The van der Waals surface area contributed by atoms with Gasteiger partial charge >= 0.3 is 6.09 Å². The van der Waals surface area contributed by atoms with Crippen LogP contribution < -0.4 is 15.6 Å². The van der Waals surface area contributed by atoms with E-state index in [9.17, 15) is 19.2 Å². The number of halogens is 2. The Labute approximate surface area is 262 Å². The Morgan fingerprint density at radius 3 is 2.56 bits per heavy atom. The number of unbranched alkanes of at least 4 members (excludes halogenated alkanes) is 1. The minimum Gasteiger partial charge on any atom is -0.497 e. The number of carbonyl (C=O) groups excluding carboxylic acids is 3. The SMILES string of the molecule is COc1ccc2nc(C(F)(F)CCCCC3CCCC3OC(=O)N[C@H](C(=O)N3CC[C@@H](C)[C@H]3C(C)=O)C(C)(C)C)c(=O)[nH]c2c1. The van der Waals surface area contributed by atoms with Crippen molar-refractivity contribution < 1.29 is 32.6 Å². The molecule has 10 nitrogen and oxygen atoms in total. The van der Waals surface area contributed by atoms with E-state index >= 15 is 8.78 Å². The number of methoxy groups -OCH3 is 1. The van der Waals surface area contributed by atoms with Crippen molar-refractivity contribution in [2.24, 2.45) is 17.3 Å². The number of ketones is 1. The zero-order valence-electron chi connectivity index (χ0n) is 27.1. The summed E-state index contributed by atoms with van der Waals surface area (Å²) in [7, 11) is 1.47. The van der Waals surface area contributed by atoms with Crippen molar-refractivity contribution in [3.05, 3.63) is 34.2 Å². The highest BCUT2D eigenvalue weighted by Gasteiger charge is 2.44. The lowest BCUT2D eigenvalue weighted by Gasteiger charge is -2.35. The molecule has 1 aliphatic heterocycles. The highest BCUT2D eigenvalue weighted by atomic mass is 19.3. The van der Waals surface area contributed by atoms with Gasteiger partial charge in [0.05, 0.1) is 24.2 Å². The maximum atomic E-state index is 15.1. The van der Waals surface area contributed by atoms with Gasteiger partial charge in [0.25, 0.3) is 11.5 Å². The molecule has 248 valence electrons.